The van der Waals surface area contributed by atoms with Crippen LogP contribution in [0.25, 0.3) is 0 Å². The van der Waals surface area contributed by atoms with E-state index in [1.54, 1.807) is 16.7 Å². The van der Waals surface area contributed by atoms with Gasteiger partial charge in [0.15, 0.2) is 0 Å². The maximum atomic E-state index is 12.5. The predicted octanol–water partition coefficient (Wildman–Crippen LogP) is 0.373. The first-order valence-electron chi connectivity index (χ1n) is 6.92. The van der Waals surface area contributed by atoms with Crippen molar-refractivity contribution < 1.29 is 24.5 Å². The second kappa shape index (κ2) is 7.44. The Kier molecular flexibility index (Phi) is 6.22. The molecular formula is C13H24N2O5. The molecule has 1 saturated heterocycles. The minimum atomic E-state index is -0.924. The Morgan fingerprint density at radius 3 is 2.65 bits per heavy atom. The van der Waals surface area contributed by atoms with E-state index < -0.39 is 5.97 Å². The minimum Gasteiger partial charge on any atom is -0.481 e. The molecule has 0 spiro atoms. The fraction of sp³-hybridized carbons (Fsp3) is 0.846. The monoisotopic (exact) mass is 288 g/mol. The van der Waals surface area contributed by atoms with Gasteiger partial charge in [0.05, 0.1) is 38.3 Å². The van der Waals surface area contributed by atoms with Gasteiger partial charge in [-0.15, -0.1) is 0 Å². The summed E-state index contributed by atoms with van der Waals surface area (Å²) >= 11 is 0. The summed E-state index contributed by atoms with van der Waals surface area (Å²) < 4.78 is 5.40. The molecule has 3 unspecified atom stereocenters. The highest BCUT2D eigenvalue weighted by atomic mass is 16.5. The molecule has 3 atom stereocenters. The molecule has 0 aliphatic carbocycles. The summed E-state index contributed by atoms with van der Waals surface area (Å²) in [6.07, 6.45) is -0.453. The van der Waals surface area contributed by atoms with Crippen molar-refractivity contribution in [1.29, 1.82) is 0 Å². The number of amides is 2. The average Bonchev–Trinajstić information content (AvgIpc) is 2.39. The summed E-state index contributed by atoms with van der Waals surface area (Å²) in [6, 6.07) is -0.653. The molecule has 2 amide bonds. The van der Waals surface area contributed by atoms with Crippen molar-refractivity contribution in [2.24, 2.45) is 0 Å². The third kappa shape index (κ3) is 4.08. The van der Waals surface area contributed by atoms with Crippen molar-refractivity contribution in [3.05, 3.63) is 0 Å². The maximum absolute atomic E-state index is 12.5. The predicted molar refractivity (Wildman–Crippen MR) is 72.5 cm³/mol. The number of carboxylic acid groups (broad SMARTS) is 1. The van der Waals surface area contributed by atoms with E-state index in [4.69, 9.17) is 14.9 Å². The van der Waals surface area contributed by atoms with Gasteiger partial charge in [-0.3, -0.25) is 4.79 Å². The van der Waals surface area contributed by atoms with E-state index in [0.717, 1.165) is 0 Å². The van der Waals surface area contributed by atoms with Crippen LogP contribution >= 0.6 is 0 Å². The second-order valence-corrected chi connectivity index (χ2v) is 5.15. The van der Waals surface area contributed by atoms with E-state index in [1.165, 1.54) is 0 Å². The van der Waals surface area contributed by atoms with E-state index in [1.807, 2.05) is 13.8 Å². The first kappa shape index (κ1) is 16.7. The van der Waals surface area contributed by atoms with Gasteiger partial charge in [0, 0.05) is 12.6 Å². The Balaban J connectivity index is 2.75. The van der Waals surface area contributed by atoms with Crippen LogP contribution in [0.5, 0.6) is 0 Å². The number of aliphatic hydroxyl groups is 1. The maximum Gasteiger partial charge on any atom is 0.320 e. The van der Waals surface area contributed by atoms with Gasteiger partial charge in [-0.05, 0) is 20.8 Å². The minimum absolute atomic E-state index is 0.0816. The molecule has 1 aliphatic rings. The summed E-state index contributed by atoms with van der Waals surface area (Å²) in [7, 11) is 0. The SMILES string of the molecule is CCN(C(=O)N1CC(CO)OCC1C)C(C)CC(=O)O. The molecule has 1 fully saturated rings. The van der Waals surface area contributed by atoms with E-state index in [2.05, 4.69) is 0 Å². The van der Waals surface area contributed by atoms with Crippen LogP contribution in [0.4, 0.5) is 4.79 Å². The van der Waals surface area contributed by atoms with Crippen LogP contribution in [0.1, 0.15) is 27.2 Å². The number of rotatable bonds is 5. The number of hydrogen-bond acceptors (Lipinski definition) is 4. The summed E-state index contributed by atoms with van der Waals surface area (Å²) in [6.45, 7) is 6.44. The highest BCUT2D eigenvalue weighted by Gasteiger charge is 2.33. The normalized spacial score (nSPS) is 24.3. The van der Waals surface area contributed by atoms with E-state index >= 15 is 0 Å². The molecule has 1 heterocycles. The highest BCUT2D eigenvalue weighted by molar-refractivity contribution is 5.76. The first-order chi connectivity index (χ1) is 9.40. The van der Waals surface area contributed by atoms with Crippen molar-refractivity contribution in [3.63, 3.8) is 0 Å². The van der Waals surface area contributed by atoms with Gasteiger partial charge < -0.3 is 24.7 Å². The Labute approximate surface area is 119 Å². The second-order valence-electron chi connectivity index (χ2n) is 5.15. The molecule has 1 rings (SSSR count). The van der Waals surface area contributed by atoms with Gasteiger partial charge >= 0.3 is 12.0 Å². The lowest BCUT2D eigenvalue weighted by atomic mass is 10.2. The van der Waals surface area contributed by atoms with Crippen LogP contribution in [0, 0.1) is 0 Å². The fourth-order valence-corrected chi connectivity index (χ4v) is 2.36. The van der Waals surface area contributed by atoms with Gasteiger partial charge in [-0.1, -0.05) is 0 Å². The number of carboxylic acids is 1. The van der Waals surface area contributed by atoms with Crippen LogP contribution in [-0.2, 0) is 9.53 Å². The topological polar surface area (TPSA) is 90.3 Å². The number of urea groups is 1. The largest absolute Gasteiger partial charge is 0.481 e. The van der Waals surface area contributed by atoms with Crippen molar-refractivity contribution >= 4 is 12.0 Å². The zero-order chi connectivity index (χ0) is 15.3. The lowest BCUT2D eigenvalue weighted by Crippen LogP contribution is -2.57. The Morgan fingerprint density at radius 1 is 1.50 bits per heavy atom. The molecule has 2 N–H and O–H groups in total. The zero-order valence-corrected chi connectivity index (χ0v) is 12.3. The zero-order valence-electron chi connectivity index (χ0n) is 12.3. The summed E-state index contributed by atoms with van der Waals surface area (Å²) in [5, 5.41) is 18.0. The number of ether oxygens (including phenoxy) is 1. The van der Waals surface area contributed by atoms with Gasteiger partial charge in [0.1, 0.15) is 0 Å². The highest BCUT2D eigenvalue weighted by Crippen LogP contribution is 2.16. The molecule has 0 aromatic heterocycles. The third-order valence-electron chi connectivity index (χ3n) is 3.54. The van der Waals surface area contributed by atoms with Crippen molar-refractivity contribution in [1.82, 2.24) is 9.80 Å². The molecule has 1 aliphatic heterocycles. The molecule has 0 aromatic carbocycles. The van der Waals surface area contributed by atoms with Crippen LogP contribution < -0.4 is 0 Å². The number of nitrogens with zero attached hydrogens (tertiary/aromatic N) is 2. The van der Waals surface area contributed by atoms with Gasteiger partial charge in [0.2, 0.25) is 0 Å². The smallest absolute Gasteiger partial charge is 0.320 e. The fourth-order valence-electron chi connectivity index (χ4n) is 2.36. The number of hydrogen-bond donors (Lipinski definition) is 2. The van der Waals surface area contributed by atoms with Crippen LogP contribution in [0.15, 0.2) is 0 Å². The summed E-state index contributed by atoms with van der Waals surface area (Å²) in [4.78, 5) is 26.5. The molecule has 0 saturated carbocycles. The van der Waals surface area contributed by atoms with Gasteiger partial charge in [-0.2, -0.15) is 0 Å². The molecular weight excluding hydrogens is 264 g/mol. The molecule has 7 heteroatoms. The first-order valence-corrected chi connectivity index (χ1v) is 6.92. The van der Waals surface area contributed by atoms with Gasteiger partial charge in [0.25, 0.3) is 0 Å². The summed E-state index contributed by atoms with van der Waals surface area (Å²) in [5.41, 5.74) is 0. The summed E-state index contributed by atoms with van der Waals surface area (Å²) in [5.74, 6) is -0.924. The molecule has 0 bridgehead atoms. The van der Waals surface area contributed by atoms with E-state index in [-0.39, 0.29) is 37.2 Å². The van der Waals surface area contributed by atoms with Gasteiger partial charge in [-0.25, -0.2) is 4.79 Å². The Morgan fingerprint density at radius 2 is 2.15 bits per heavy atom. The molecule has 0 radical (unpaired) electrons. The average molecular weight is 288 g/mol. The quantitative estimate of drug-likeness (QED) is 0.763. The van der Waals surface area contributed by atoms with Crippen LogP contribution in [-0.4, -0.2) is 76.5 Å². The lowest BCUT2D eigenvalue weighted by molar-refractivity contribution is -0.138. The Hall–Kier alpha value is -1.34. The number of carbonyl (C=O) groups is 2. The van der Waals surface area contributed by atoms with Crippen molar-refractivity contribution in [3.8, 4) is 0 Å². The number of carbonyl (C=O) groups excluding carboxylic acids is 1. The number of aliphatic hydroxyl groups excluding tert-OH is 1. The number of morpholine rings is 1. The molecule has 7 nitrogen and oxygen atoms in total. The molecule has 20 heavy (non-hydrogen) atoms. The number of aliphatic carboxylic acids is 1. The third-order valence-corrected chi connectivity index (χ3v) is 3.54. The van der Waals surface area contributed by atoms with Crippen molar-refractivity contribution in [2.45, 2.75) is 45.4 Å². The lowest BCUT2D eigenvalue weighted by Gasteiger charge is -2.41. The van der Waals surface area contributed by atoms with Crippen LogP contribution in [0.3, 0.4) is 0 Å². The molecule has 0 aromatic rings. The van der Waals surface area contributed by atoms with E-state index in [0.29, 0.717) is 19.7 Å². The molecule has 116 valence electrons. The van der Waals surface area contributed by atoms with E-state index in [9.17, 15) is 9.59 Å². The van der Waals surface area contributed by atoms with Crippen LogP contribution in [0.2, 0.25) is 0 Å². The van der Waals surface area contributed by atoms with Crippen molar-refractivity contribution in [2.75, 3.05) is 26.3 Å². The Bertz CT molecular complexity index is 350. The standard InChI is InChI=1S/C13H24N2O5/c1-4-14(9(2)5-12(17)18)13(19)15-6-11(7-16)20-8-10(15)3/h9-11,16H,4-8H2,1-3H3,(H,17,18).